The number of hydrogen-bond acceptors (Lipinski definition) is 5. The molecule has 122 valence electrons. The van der Waals surface area contributed by atoms with Crippen LogP contribution in [0.4, 0.5) is 0 Å². The first-order chi connectivity index (χ1) is 10.8. The van der Waals surface area contributed by atoms with E-state index in [0.717, 1.165) is 0 Å². The third kappa shape index (κ3) is 4.85. The molecular weight excluding hydrogens is 360 g/mol. The molecule has 1 heterocycles. The Hall–Kier alpha value is -1.77. The van der Waals surface area contributed by atoms with Gasteiger partial charge in [-0.05, 0) is 29.8 Å². The maximum Gasteiger partial charge on any atom is 0.281 e. The van der Waals surface area contributed by atoms with Gasteiger partial charge in [0.05, 0.1) is 5.02 Å². The van der Waals surface area contributed by atoms with Crippen molar-refractivity contribution in [2.75, 3.05) is 6.26 Å². The van der Waals surface area contributed by atoms with Crippen LogP contribution < -0.4 is 4.72 Å². The molecule has 0 saturated carbocycles. The van der Waals surface area contributed by atoms with Crippen LogP contribution in [0, 0.1) is 0 Å². The van der Waals surface area contributed by atoms with Gasteiger partial charge in [0.15, 0.2) is 5.03 Å². The van der Waals surface area contributed by atoms with Crippen LogP contribution in [0.25, 0.3) is 0 Å². The van der Waals surface area contributed by atoms with Crippen LogP contribution in [-0.2, 0) is 26.6 Å². The number of aromatic nitrogens is 1. The minimum absolute atomic E-state index is 0.158. The lowest BCUT2D eigenvalue weighted by Gasteiger charge is -2.07. The molecule has 0 bridgehead atoms. The zero-order valence-corrected chi connectivity index (χ0v) is 14.4. The summed E-state index contributed by atoms with van der Waals surface area (Å²) in [6.07, 6.45) is 2.72. The van der Waals surface area contributed by atoms with Gasteiger partial charge in [0.2, 0.25) is 0 Å². The SMILES string of the molecule is C[S@@](=O)Cc1cccc(C(=O)NS(=O)(=O)c2ccc(Cl)cn2)c1. The van der Waals surface area contributed by atoms with Crippen LogP contribution in [0.15, 0.2) is 47.6 Å². The highest BCUT2D eigenvalue weighted by molar-refractivity contribution is 7.90. The minimum atomic E-state index is -4.09. The van der Waals surface area contributed by atoms with Crippen molar-refractivity contribution in [1.29, 1.82) is 0 Å². The summed E-state index contributed by atoms with van der Waals surface area (Å²) in [5.74, 6) is -0.502. The van der Waals surface area contributed by atoms with Crippen molar-refractivity contribution in [3.63, 3.8) is 0 Å². The Morgan fingerprint density at radius 3 is 2.65 bits per heavy atom. The topological polar surface area (TPSA) is 93.2 Å². The lowest BCUT2D eigenvalue weighted by atomic mass is 10.1. The molecule has 1 N–H and O–H groups in total. The van der Waals surface area contributed by atoms with Crippen LogP contribution in [0.5, 0.6) is 0 Å². The summed E-state index contributed by atoms with van der Waals surface area (Å²) < 4.78 is 37.4. The molecule has 0 saturated heterocycles. The van der Waals surface area contributed by atoms with E-state index >= 15 is 0 Å². The van der Waals surface area contributed by atoms with E-state index in [1.807, 2.05) is 4.72 Å². The molecule has 1 aromatic carbocycles. The fraction of sp³-hybridized carbons (Fsp3) is 0.143. The lowest BCUT2D eigenvalue weighted by Crippen LogP contribution is -2.31. The molecule has 0 unspecified atom stereocenters. The zero-order chi connectivity index (χ0) is 17.0. The van der Waals surface area contributed by atoms with Gasteiger partial charge in [0.1, 0.15) is 0 Å². The third-order valence-corrected chi connectivity index (χ3v) is 4.97. The second-order valence-electron chi connectivity index (χ2n) is 4.67. The van der Waals surface area contributed by atoms with Crippen molar-refractivity contribution in [1.82, 2.24) is 9.71 Å². The average Bonchev–Trinajstić information content (AvgIpc) is 2.47. The Bertz CT molecular complexity index is 851. The number of rotatable bonds is 5. The van der Waals surface area contributed by atoms with Gasteiger partial charge >= 0.3 is 0 Å². The van der Waals surface area contributed by atoms with Crippen molar-refractivity contribution < 1.29 is 17.4 Å². The third-order valence-electron chi connectivity index (χ3n) is 2.76. The highest BCUT2D eigenvalue weighted by Gasteiger charge is 2.20. The highest BCUT2D eigenvalue weighted by Crippen LogP contribution is 2.12. The van der Waals surface area contributed by atoms with Gasteiger partial charge < -0.3 is 0 Å². The Kier molecular flexibility index (Phi) is 5.51. The Morgan fingerprint density at radius 2 is 2.04 bits per heavy atom. The molecule has 0 aliphatic carbocycles. The van der Waals surface area contributed by atoms with E-state index < -0.39 is 26.7 Å². The number of halogens is 1. The van der Waals surface area contributed by atoms with Crippen molar-refractivity contribution >= 4 is 38.3 Å². The van der Waals surface area contributed by atoms with Crippen molar-refractivity contribution in [3.8, 4) is 0 Å². The summed E-state index contributed by atoms with van der Waals surface area (Å²) in [5.41, 5.74) is 0.839. The number of sulfonamides is 1. The molecule has 0 aliphatic rings. The molecule has 1 amide bonds. The van der Waals surface area contributed by atoms with E-state index in [2.05, 4.69) is 4.98 Å². The standard InChI is InChI=1S/C14H13ClN2O4S2/c1-22(19)9-10-3-2-4-11(7-10)14(18)17-23(20,21)13-6-5-12(15)8-16-13/h2-8H,9H2,1H3,(H,17,18)/t22-/m1/s1. The van der Waals surface area contributed by atoms with Crippen LogP contribution >= 0.6 is 11.6 Å². The number of hydrogen-bond donors (Lipinski definition) is 1. The number of nitrogens with one attached hydrogen (secondary N) is 1. The lowest BCUT2D eigenvalue weighted by molar-refractivity contribution is 0.0981. The Morgan fingerprint density at radius 1 is 1.30 bits per heavy atom. The second-order valence-corrected chi connectivity index (χ2v) is 8.17. The minimum Gasteiger partial charge on any atom is -0.268 e. The Balaban J connectivity index is 2.21. The first-order valence-electron chi connectivity index (χ1n) is 6.35. The first kappa shape index (κ1) is 17.6. The summed E-state index contributed by atoms with van der Waals surface area (Å²) in [7, 11) is -5.15. The molecule has 0 radical (unpaired) electrons. The van der Waals surface area contributed by atoms with E-state index in [4.69, 9.17) is 11.6 Å². The average molecular weight is 373 g/mol. The molecule has 1 aromatic heterocycles. The predicted octanol–water partition coefficient (Wildman–Crippen LogP) is 1.73. The molecule has 6 nitrogen and oxygen atoms in total. The molecular formula is C14H13ClN2O4S2. The summed E-state index contributed by atoms with van der Waals surface area (Å²) in [5, 5.41) is -0.0170. The molecule has 0 spiro atoms. The maximum atomic E-state index is 12.1. The van der Waals surface area contributed by atoms with E-state index in [-0.39, 0.29) is 21.4 Å². The van der Waals surface area contributed by atoms with E-state index in [1.165, 1.54) is 30.5 Å². The number of carbonyl (C=O) groups excluding carboxylic acids is 1. The summed E-state index contributed by atoms with van der Waals surface area (Å²) in [6.45, 7) is 0. The predicted molar refractivity (Wildman–Crippen MR) is 88.1 cm³/mol. The van der Waals surface area contributed by atoms with Crippen molar-refractivity contribution in [3.05, 3.63) is 58.7 Å². The van der Waals surface area contributed by atoms with Crippen LogP contribution in [0.3, 0.4) is 0 Å². The fourth-order valence-electron chi connectivity index (χ4n) is 1.79. The zero-order valence-electron chi connectivity index (χ0n) is 12.0. The van der Waals surface area contributed by atoms with Crippen LogP contribution in [0.2, 0.25) is 5.02 Å². The second kappa shape index (κ2) is 7.20. The first-order valence-corrected chi connectivity index (χ1v) is 9.94. The van der Waals surface area contributed by atoms with Gasteiger partial charge in [-0.3, -0.25) is 9.00 Å². The number of nitrogens with zero attached hydrogens (tertiary/aromatic N) is 1. The van der Waals surface area contributed by atoms with Gasteiger partial charge in [-0.25, -0.2) is 9.71 Å². The molecule has 2 rings (SSSR count). The summed E-state index contributed by atoms with van der Waals surface area (Å²) >= 11 is 5.65. The fourth-order valence-corrected chi connectivity index (χ4v) is 3.46. The molecule has 1 atom stereocenters. The van der Waals surface area contributed by atoms with Gasteiger partial charge in [-0.15, -0.1) is 0 Å². The van der Waals surface area contributed by atoms with Crippen LogP contribution in [0.1, 0.15) is 15.9 Å². The van der Waals surface area contributed by atoms with E-state index in [0.29, 0.717) is 5.56 Å². The molecule has 0 fully saturated rings. The molecule has 9 heteroatoms. The Labute approximate surface area is 141 Å². The monoisotopic (exact) mass is 372 g/mol. The number of benzene rings is 1. The molecule has 0 aliphatic heterocycles. The van der Waals surface area contributed by atoms with Crippen molar-refractivity contribution in [2.45, 2.75) is 10.8 Å². The van der Waals surface area contributed by atoms with Gasteiger partial charge in [0.25, 0.3) is 15.9 Å². The van der Waals surface area contributed by atoms with Gasteiger partial charge in [0, 0.05) is 34.6 Å². The number of amides is 1. The summed E-state index contributed by atoms with van der Waals surface area (Å²) in [4.78, 5) is 15.8. The smallest absolute Gasteiger partial charge is 0.268 e. The van der Waals surface area contributed by atoms with Gasteiger partial charge in [-0.1, -0.05) is 23.7 Å². The molecule has 23 heavy (non-hydrogen) atoms. The number of carbonyl (C=O) groups is 1. The van der Waals surface area contributed by atoms with Crippen LogP contribution in [-0.4, -0.2) is 29.8 Å². The van der Waals surface area contributed by atoms with E-state index in [1.54, 1.807) is 18.4 Å². The molecule has 2 aromatic rings. The number of pyridine rings is 1. The maximum absolute atomic E-state index is 12.1. The normalized spacial score (nSPS) is 12.6. The summed E-state index contributed by atoms with van der Waals surface area (Å²) in [6, 6.07) is 8.86. The quantitative estimate of drug-likeness (QED) is 0.862. The highest BCUT2D eigenvalue weighted by atomic mass is 35.5. The van der Waals surface area contributed by atoms with Gasteiger partial charge in [-0.2, -0.15) is 8.42 Å². The van der Waals surface area contributed by atoms with E-state index in [9.17, 15) is 17.4 Å². The van der Waals surface area contributed by atoms with Crippen molar-refractivity contribution in [2.24, 2.45) is 0 Å². The largest absolute Gasteiger partial charge is 0.281 e.